The first-order valence-electron chi connectivity index (χ1n) is 4.36. The van der Waals surface area contributed by atoms with Crippen molar-refractivity contribution in [2.75, 3.05) is 12.3 Å². The van der Waals surface area contributed by atoms with Gasteiger partial charge in [0.25, 0.3) is 0 Å². The van der Waals surface area contributed by atoms with Crippen LogP contribution in [0.1, 0.15) is 0 Å². The molecule has 1 aliphatic heterocycles. The number of hydrogen-bond acceptors (Lipinski definition) is 2. The van der Waals surface area contributed by atoms with Crippen LogP contribution >= 0.6 is 0 Å². The first-order chi connectivity index (χ1) is 6.36. The number of anilines is 1. The molecule has 0 saturated heterocycles. The third-order valence-electron chi connectivity index (χ3n) is 2.51. The van der Waals surface area contributed by atoms with Crippen LogP contribution in [0.25, 0.3) is 10.9 Å². The quantitative estimate of drug-likeness (QED) is 0.616. The zero-order valence-electron chi connectivity index (χ0n) is 7.16. The second kappa shape index (κ2) is 2.19. The molecule has 3 heteroatoms. The minimum Gasteiger partial charge on any atom is -0.490 e. The van der Waals surface area contributed by atoms with E-state index in [1.165, 1.54) is 0 Å². The topological polar surface area (TPSA) is 40.2 Å². The van der Waals surface area contributed by atoms with Gasteiger partial charge in [-0.3, -0.25) is 0 Å². The maximum absolute atomic E-state index is 5.85. The standard InChI is InChI=1S/C10H10N2O/c11-8-1-2-9-10-7(8)3-4-12(10)5-6-13-9/h1-4H,5-6,11H2. The van der Waals surface area contributed by atoms with Crippen molar-refractivity contribution < 1.29 is 4.74 Å². The SMILES string of the molecule is Nc1ccc2c3c1ccn3CCO2. The summed E-state index contributed by atoms with van der Waals surface area (Å²) >= 11 is 0. The number of nitrogens with two attached hydrogens (primary N) is 1. The summed E-state index contributed by atoms with van der Waals surface area (Å²) in [5.74, 6) is 0.945. The molecule has 66 valence electrons. The van der Waals surface area contributed by atoms with Crippen LogP contribution in [0.4, 0.5) is 5.69 Å². The maximum Gasteiger partial charge on any atom is 0.143 e. The molecule has 0 aliphatic carbocycles. The van der Waals surface area contributed by atoms with Crippen molar-refractivity contribution in [3.05, 3.63) is 24.4 Å². The van der Waals surface area contributed by atoms with Gasteiger partial charge in [-0.2, -0.15) is 0 Å². The Bertz CT molecular complexity index is 473. The Labute approximate surface area is 75.7 Å². The van der Waals surface area contributed by atoms with Gasteiger partial charge in [-0.15, -0.1) is 0 Å². The smallest absolute Gasteiger partial charge is 0.143 e. The van der Waals surface area contributed by atoms with Gasteiger partial charge in [0, 0.05) is 17.3 Å². The number of nitrogens with zero attached hydrogens (tertiary/aromatic N) is 1. The number of ether oxygens (including phenoxy) is 1. The lowest BCUT2D eigenvalue weighted by Crippen LogP contribution is -2.13. The molecule has 0 atom stereocenters. The van der Waals surface area contributed by atoms with Gasteiger partial charge in [0.1, 0.15) is 12.4 Å². The van der Waals surface area contributed by atoms with Crippen LogP contribution in [-0.4, -0.2) is 11.2 Å². The molecule has 3 rings (SSSR count). The summed E-state index contributed by atoms with van der Waals surface area (Å²) in [5, 5.41) is 1.09. The lowest BCUT2D eigenvalue weighted by atomic mass is 10.2. The van der Waals surface area contributed by atoms with Crippen LogP contribution in [0, 0.1) is 0 Å². The van der Waals surface area contributed by atoms with E-state index in [0.717, 1.165) is 35.5 Å². The van der Waals surface area contributed by atoms with E-state index in [-0.39, 0.29) is 0 Å². The summed E-state index contributed by atoms with van der Waals surface area (Å²) < 4.78 is 7.72. The zero-order chi connectivity index (χ0) is 8.84. The van der Waals surface area contributed by atoms with Crippen molar-refractivity contribution in [2.45, 2.75) is 6.54 Å². The van der Waals surface area contributed by atoms with Crippen molar-refractivity contribution in [1.29, 1.82) is 0 Å². The van der Waals surface area contributed by atoms with Gasteiger partial charge >= 0.3 is 0 Å². The number of nitrogen functional groups attached to an aromatic ring is 1. The van der Waals surface area contributed by atoms with Gasteiger partial charge in [-0.25, -0.2) is 0 Å². The van der Waals surface area contributed by atoms with Crippen LogP contribution in [0.3, 0.4) is 0 Å². The first kappa shape index (κ1) is 6.83. The Balaban J connectivity index is 2.50. The molecule has 2 heterocycles. The fraction of sp³-hybridized carbons (Fsp3) is 0.200. The van der Waals surface area contributed by atoms with Crippen LogP contribution in [0.5, 0.6) is 5.75 Å². The lowest BCUT2D eigenvalue weighted by molar-refractivity contribution is 0.287. The molecule has 2 N–H and O–H groups in total. The summed E-state index contributed by atoms with van der Waals surface area (Å²) in [6, 6.07) is 5.88. The molecule has 0 bridgehead atoms. The molecule has 3 nitrogen and oxygen atoms in total. The number of rotatable bonds is 0. The number of aromatic nitrogens is 1. The van der Waals surface area contributed by atoms with Gasteiger partial charge in [-0.05, 0) is 18.2 Å². The average Bonchev–Trinajstić information content (AvgIpc) is 2.57. The van der Waals surface area contributed by atoms with Crippen molar-refractivity contribution in [3.63, 3.8) is 0 Å². The van der Waals surface area contributed by atoms with E-state index in [0.29, 0.717) is 0 Å². The second-order valence-corrected chi connectivity index (χ2v) is 3.27. The first-order valence-corrected chi connectivity index (χ1v) is 4.36. The third kappa shape index (κ3) is 0.786. The maximum atomic E-state index is 5.85. The fourth-order valence-electron chi connectivity index (χ4n) is 1.87. The average molecular weight is 174 g/mol. The van der Waals surface area contributed by atoms with Gasteiger partial charge in [0.15, 0.2) is 0 Å². The van der Waals surface area contributed by atoms with E-state index in [1.54, 1.807) is 0 Å². The predicted molar refractivity (Wildman–Crippen MR) is 51.8 cm³/mol. The molecule has 0 radical (unpaired) electrons. The highest BCUT2D eigenvalue weighted by Crippen LogP contribution is 2.33. The Morgan fingerprint density at radius 2 is 2.23 bits per heavy atom. The Hall–Kier alpha value is -1.64. The van der Waals surface area contributed by atoms with Crippen LogP contribution in [-0.2, 0) is 6.54 Å². The summed E-state index contributed by atoms with van der Waals surface area (Å²) in [5.41, 5.74) is 7.80. The van der Waals surface area contributed by atoms with Gasteiger partial charge in [0.2, 0.25) is 0 Å². The monoisotopic (exact) mass is 174 g/mol. The minimum atomic E-state index is 0.751. The van der Waals surface area contributed by atoms with Crippen molar-refractivity contribution >= 4 is 16.6 Å². The van der Waals surface area contributed by atoms with Gasteiger partial charge in [-0.1, -0.05) is 0 Å². The molecule has 0 spiro atoms. The van der Waals surface area contributed by atoms with E-state index in [9.17, 15) is 0 Å². The Morgan fingerprint density at radius 1 is 1.31 bits per heavy atom. The predicted octanol–water partition coefficient (Wildman–Crippen LogP) is 1.62. The van der Waals surface area contributed by atoms with Crippen LogP contribution in [0.2, 0.25) is 0 Å². The minimum absolute atomic E-state index is 0.751. The Morgan fingerprint density at radius 3 is 3.15 bits per heavy atom. The number of benzene rings is 1. The molecule has 0 fully saturated rings. The van der Waals surface area contributed by atoms with Gasteiger partial charge in [0.05, 0.1) is 12.1 Å². The summed E-state index contributed by atoms with van der Waals surface area (Å²) in [6.45, 7) is 1.67. The normalized spacial score (nSPS) is 14.5. The molecule has 2 aromatic rings. The molecular formula is C10H10N2O. The molecule has 13 heavy (non-hydrogen) atoms. The van der Waals surface area contributed by atoms with Crippen LogP contribution < -0.4 is 10.5 Å². The molecule has 1 aliphatic rings. The van der Waals surface area contributed by atoms with Crippen molar-refractivity contribution in [2.24, 2.45) is 0 Å². The van der Waals surface area contributed by atoms with E-state index in [2.05, 4.69) is 10.8 Å². The molecule has 1 aromatic heterocycles. The molecule has 0 amide bonds. The Kier molecular flexibility index (Phi) is 1.15. The highest BCUT2D eigenvalue weighted by molar-refractivity contribution is 5.95. The summed E-state index contributed by atoms with van der Waals surface area (Å²) in [4.78, 5) is 0. The molecular weight excluding hydrogens is 164 g/mol. The molecule has 0 saturated carbocycles. The van der Waals surface area contributed by atoms with E-state index in [4.69, 9.17) is 10.5 Å². The van der Waals surface area contributed by atoms with Crippen molar-refractivity contribution in [3.8, 4) is 5.75 Å². The number of hydrogen-bond donors (Lipinski definition) is 1. The molecule has 0 unspecified atom stereocenters. The van der Waals surface area contributed by atoms with Gasteiger partial charge < -0.3 is 15.0 Å². The second-order valence-electron chi connectivity index (χ2n) is 3.27. The molecule has 1 aromatic carbocycles. The van der Waals surface area contributed by atoms with Crippen LogP contribution in [0.15, 0.2) is 24.4 Å². The largest absolute Gasteiger partial charge is 0.490 e. The third-order valence-corrected chi connectivity index (χ3v) is 2.51. The van der Waals surface area contributed by atoms with Crippen molar-refractivity contribution in [1.82, 2.24) is 4.57 Å². The highest BCUT2D eigenvalue weighted by atomic mass is 16.5. The lowest BCUT2D eigenvalue weighted by Gasteiger charge is -2.17. The van der Waals surface area contributed by atoms with E-state index in [1.807, 2.05) is 18.2 Å². The summed E-state index contributed by atoms with van der Waals surface area (Å²) in [7, 11) is 0. The fourth-order valence-corrected chi connectivity index (χ4v) is 1.87. The zero-order valence-corrected chi connectivity index (χ0v) is 7.16. The summed E-state index contributed by atoms with van der Waals surface area (Å²) in [6.07, 6.45) is 2.06. The highest BCUT2D eigenvalue weighted by Gasteiger charge is 2.13. The van der Waals surface area contributed by atoms with E-state index < -0.39 is 0 Å². The van der Waals surface area contributed by atoms with E-state index >= 15 is 0 Å².